The van der Waals surface area contributed by atoms with Crippen LogP contribution in [-0.2, 0) is 36.7 Å². The highest BCUT2D eigenvalue weighted by atomic mass is 31.2. The van der Waals surface area contributed by atoms with E-state index in [-0.39, 0.29) is 40.5 Å². The SMILES string of the molecule is CP1(=O)OC[C@H]2O[C@@H](n3cnc4c(N)ncnc43)C(O)[C@H]2OP(=O)(O)OC[C@@H]2C[C@H](O1)[C@H](n1cnc3c(=O)[nH]c(N)nc31)O2. The van der Waals surface area contributed by atoms with Crippen molar-refractivity contribution >= 4 is 49.5 Å². The van der Waals surface area contributed by atoms with E-state index < -0.39 is 77.2 Å². The van der Waals surface area contributed by atoms with Crippen molar-refractivity contribution in [3.8, 4) is 0 Å². The van der Waals surface area contributed by atoms with E-state index in [1.54, 1.807) is 0 Å². The number of fused-ring (bicyclic) bond motifs is 5. The van der Waals surface area contributed by atoms with Crippen LogP contribution in [0.15, 0.2) is 23.8 Å². The van der Waals surface area contributed by atoms with Crippen LogP contribution >= 0.6 is 15.4 Å². The van der Waals surface area contributed by atoms with Gasteiger partial charge in [-0.15, -0.1) is 0 Å². The minimum atomic E-state index is -4.86. The Morgan fingerprint density at radius 2 is 1.70 bits per heavy atom. The number of hydrogen-bond donors (Lipinski definition) is 5. The Kier molecular flexibility index (Phi) is 7.09. The normalized spacial score (nSPS) is 36.6. The third kappa shape index (κ3) is 5.20. The molecule has 4 aromatic heterocycles. The van der Waals surface area contributed by atoms with Crippen LogP contribution in [0.1, 0.15) is 18.9 Å². The number of aliphatic hydroxyl groups is 1. The molecule has 0 aromatic carbocycles. The predicted molar refractivity (Wildman–Crippen MR) is 146 cm³/mol. The molecule has 3 fully saturated rings. The molecule has 7 rings (SSSR count). The maximum atomic E-state index is 13.6. The van der Waals surface area contributed by atoms with Crippen molar-refractivity contribution < 1.29 is 46.7 Å². The van der Waals surface area contributed by atoms with Crippen molar-refractivity contribution in [1.29, 1.82) is 0 Å². The van der Waals surface area contributed by atoms with Crippen molar-refractivity contribution in [2.75, 3.05) is 31.3 Å². The van der Waals surface area contributed by atoms with Crippen molar-refractivity contribution in [3.05, 3.63) is 29.3 Å². The smallest absolute Gasteiger partial charge is 0.386 e. The van der Waals surface area contributed by atoms with Gasteiger partial charge in [0.1, 0.15) is 36.3 Å². The fourth-order valence-electron chi connectivity index (χ4n) is 5.41. The van der Waals surface area contributed by atoms with Gasteiger partial charge in [-0.1, -0.05) is 0 Å². The third-order valence-electron chi connectivity index (χ3n) is 7.32. The number of rotatable bonds is 2. The zero-order valence-electron chi connectivity index (χ0n) is 22.6. The summed E-state index contributed by atoms with van der Waals surface area (Å²) in [6.45, 7) is 0.250. The van der Waals surface area contributed by atoms with Crippen LogP contribution in [0.3, 0.4) is 0 Å². The van der Waals surface area contributed by atoms with Gasteiger partial charge in [0.15, 0.2) is 35.1 Å². The molecule has 0 radical (unpaired) electrons. The standard InChI is InChI=1S/C21H26N10O11P2/c1-43(34)37-4-10-14(13(32)20(40-10)30-6-26-11-15(22)24-5-25-16(11)30)42-44(35,36)38-3-8-2-9(41-43)19(39-8)31-7-27-12-17(31)28-21(23)29-18(12)33/h5-10,13-14,19-20,32H,2-4H2,1H3,(H,35,36)(H2,22,24,25)(H3,23,28,29,33)/t8-,9-,10+,13?,14-,19+,20+,43?/m0/s1. The number of nitrogens with zero attached hydrogens (tertiary/aromatic N) is 7. The number of nitrogen functional groups attached to an aromatic ring is 2. The number of nitrogens with one attached hydrogen (secondary N) is 1. The Morgan fingerprint density at radius 3 is 2.50 bits per heavy atom. The molecule has 21 nitrogen and oxygen atoms in total. The van der Waals surface area contributed by atoms with Gasteiger partial charge in [-0.25, -0.2) is 24.5 Å². The first-order valence-electron chi connectivity index (χ1n) is 13.1. The Hall–Kier alpha value is -3.36. The van der Waals surface area contributed by atoms with Crippen molar-refractivity contribution in [2.45, 2.75) is 49.4 Å². The first-order valence-corrected chi connectivity index (χ1v) is 16.6. The molecule has 3 unspecified atom stereocenters. The van der Waals surface area contributed by atoms with E-state index in [9.17, 15) is 23.9 Å². The van der Waals surface area contributed by atoms with E-state index in [0.717, 1.165) is 0 Å². The molecule has 0 aliphatic carbocycles. The van der Waals surface area contributed by atoms with Crippen LogP contribution in [0.25, 0.3) is 22.3 Å². The van der Waals surface area contributed by atoms with Crippen molar-refractivity contribution in [1.82, 2.24) is 39.0 Å². The van der Waals surface area contributed by atoms with E-state index >= 15 is 0 Å². The molecular weight excluding hydrogens is 630 g/mol. The van der Waals surface area contributed by atoms with Crippen LogP contribution in [0.4, 0.5) is 11.8 Å². The van der Waals surface area contributed by atoms with Gasteiger partial charge in [0, 0.05) is 13.1 Å². The molecule has 3 aliphatic heterocycles. The van der Waals surface area contributed by atoms with Gasteiger partial charge in [-0.05, 0) is 0 Å². The molecule has 3 aliphatic rings. The number of anilines is 2. The lowest BCUT2D eigenvalue weighted by Crippen LogP contribution is -2.36. The summed E-state index contributed by atoms with van der Waals surface area (Å²) in [5.41, 5.74) is 11.5. The number of nitrogens with two attached hydrogens (primary N) is 2. The number of imidazole rings is 2. The summed E-state index contributed by atoms with van der Waals surface area (Å²) in [5, 5.41) is 11.2. The average molecular weight is 656 g/mol. The molecule has 2 bridgehead atoms. The number of aromatic nitrogens is 8. The number of phosphoric acid groups is 1. The fraction of sp³-hybridized carbons (Fsp3) is 0.524. The van der Waals surface area contributed by atoms with Crippen LogP contribution in [0.2, 0.25) is 0 Å². The summed E-state index contributed by atoms with van der Waals surface area (Å²) < 4.78 is 63.6. The number of aliphatic hydroxyl groups excluding tert-OH is 1. The molecule has 44 heavy (non-hydrogen) atoms. The predicted octanol–water partition coefficient (Wildman–Crippen LogP) is -0.590. The molecule has 7 N–H and O–H groups in total. The van der Waals surface area contributed by atoms with E-state index in [1.807, 2.05) is 0 Å². The van der Waals surface area contributed by atoms with Crippen LogP contribution in [0, 0.1) is 0 Å². The molecule has 4 aromatic rings. The molecule has 7 heterocycles. The lowest BCUT2D eigenvalue weighted by molar-refractivity contribution is -0.0619. The monoisotopic (exact) mass is 656 g/mol. The van der Waals surface area contributed by atoms with Crippen molar-refractivity contribution in [2.24, 2.45) is 0 Å². The molecule has 9 atom stereocenters. The summed E-state index contributed by atoms with van der Waals surface area (Å²) in [6, 6.07) is 0. The minimum Gasteiger partial charge on any atom is -0.386 e. The molecule has 0 spiro atoms. The number of aromatic amines is 1. The minimum absolute atomic E-state index is 0.0248. The fourth-order valence-corrected chi connectivity index (χ4v) is 7.55. The van der Waals surface area contributed by atoms with Crippen LogP contribution in [-0.4, -0.2) is 99.4 Å². The molecule has 236 valence electrons. The molecule has 23 heteroatoms. The van der Waals surface area contributed by atoms with Gasteiger partial charge < -0.3 is 40.0 Å². The molecular formula is C21H26N10O11P2. The summed E-state index contributed by atoms with van der Waals surface area (Å²) in [6.07, 6.45) is -4.68. The highest BCUT2D eigenvalue weighted by Crippen LogP contribution is 2.53. The highest BCUT2D eigenvalue weighted by Gasteiger charge is 2.51. The Bertz CT molecular complexity index is 1900. The second-order valence-corrected chi connectivity index (χ2v) is 13.8. The number of H-pyrrole nitrogens is 1. The van der Waals surface area contributed by atoms with E-state index in [0.29, 0.717) is 0 Å². The third-order valence-corrected chi connectivity index (χ3v) is 9.58. The zero-order chi connectivity index (χ0) is 31.0. The second kappa shape index (κ2) is 10.6. The molecule has 0 amide bonds. The second-order valence-electron chi connectivity index (χ2n) is 10.3. The highest BCUT2D eigenvalue weighted by molar-refractivity contribution is 7.53. The van der Waals surface area contributed by atoms with Gasteiger partial charge in [0.2, 0.25) is 5.95 Å². The lowest BCUT2D eigenvalue weighted by Gasteiger charge is -2.26. The Balaban J connectivity index is 1.19. The molecule has 3 saturated heterocycles. The quantitative estimate of drug-likeness (QED) is 0.168. The van der Waals surface area contributed by atoms with E-state index in [4.69, 9.17) is 39.0 Å². The van der Waals surface area contributed by atoms with Crippen LogP contribution < -0.4 is 17.0 Å². The topological polar surface area (TPSA) is 289 Å². The van der Waals surface area contributed by atoms with Gasteiger partial charge in [-0.2, -0.15) is 4.98 Å². The Morgan fingerprint density at radius 1 is 0.955 bits per heavy atom. The van der Waals surface area contributed by atoms with Gasteiger partial charge in [0.05, 0.1) is 32.0 Å². The maximum absolute atomic E-state index is 13.6. The molecule has 0 saturated carbocycles. The summed E-state index contributed by atoms with van der Waals surface area (Å²) in [5.74, 6) is -0.0820. The number of hydrogen-bond acceptors (Lipinski definition) is 17. The van der Waals surface area contributed by atoms with E-state index in [1.165, 1.54) is 34.8 Å². The first kappa shape index (κ1) is 29.4. The van der Waals surface area contributed by atoms with Gasteiger partial charge >= 0.3 is 15.4 Å². The largest absolute Gasteiger partial charge is 0.472 e. The maximum Gasteiger partial charge on any atom is 0.472 e. The summed E-state index contributed by atoms with van der Waals surface area (Å²) >= 11 is 0. The number of phosphoric ester groups is 1. The van der Waals surface area contributed by atoms with Crippen molar-refractivity contribution in [3.63, 3.8) is 0 Å². The lowest BCUT2D eigenvalue weighted by atomic mass is 10.1. The van der Waals surface area contributed by atoms with Gasteiger partial charge in [-0.3, -0.25) is 32.5 Å². The first-order chi connectivity index (χ1) is 20.9. The average Bonchev–Trinajstić information content (AvgIpc) is 3.72. The zero-order valence-corrected chi connectivity index (χ0v) is 24.4. The number of ether oxygens (including phenoxy) is 2. The summed E-state index contributed by atoms with van der Waals surface area (Å²) in [7, 11) is -8.78. The van der Waals surface area contributed by atoms with Gasteiger partial charge in [0.25, 0.3) is 5.56 Å². The summed E-state index contributed by atoms with van der Waals surface area (Å²) in [4.78, 5) is 45.6. The van der Waals surface area contributed by atoms with Crippen LogP contribution in [0.5, 0.6) is 0 Å². The van der Waals surface area contributed by atoms with E-state index in [2.05, 4.69) is 29.9 Å². The Labute approximate surface area is 245 Å².